The fourth-order valence-corrected chi connectivity index (χ4v) is 3.51. The molecule has 0 unspecified atom stereocenters. The summed E-state index contributed by atoms with van der Waals surface area (Å²) in [6.07, 6.45) is 2.69. The molecule has 1 aliphatic rings. The van der Waals surface area contributed by atoms with Crippen LogP contribution >= 0.6 is 0 Å². The van der Waals surface area contributed by atoms with Crippen molar-refractivity contribution < 1.29 is 13.3 Å². The molecule has 2 rings (SSSR count). The van der Waals surface area contributed by atoms with Gasteiger partial charge in [-0.05, 0) is 25.0 Å². The highest BCUT2D eigenvalue weighted by atomic mass is 32.2. The molecule has 0 heterocycles. The number of anilines is 1. The van der Waals surface area contributed by atoms with E-state index < -0.39 is 14.9 Å². The van der Waals surface area contributed by atoms with Gasteiger partial charge in [0.05, 0.1) is 9.82 Å². The SMILES string of the molecule is CN(C1CCC1)S(=O)(=O)c1ccc([N+](=O)[O-])c(NN)c1. The Bertz CT molecular complexity index is 627. The largest absolute Gasteiger partial charge is 0.318 e. The molecule has 0 radical (unpaired) electrons. The van der Waals surface area contributed by atoms with Crippen molar-refractivity contribution in [1.29, 1.82) is 0 Å². The number of sulfonamides is 1. The van der Waals surface area contributed by atoms with Crippen molar-refractivity contribution in [3.05, 3.63) is 28.3 Å². The van der Waals surface area contributed by atoms with Gasteiger partial charge in [0, 0.05) is 19.2 Å². The third-order valence-electron chi connectivity index (χ3n) is 3.59. The molecule has 0 spiro atoms. The molecule has 1 fully saturated rings. The minimum Gasteiger partial charge on any atom is -0.318 e. The monoisotopic (exact) mass is 300 g/mol. The first-order valence-electron chi connectivity index (χ1n) is 6.11. The standard InChI is InChI=1S/C11H16N4O4S/c1-14(8-3-2-4-8)20(18,19)9-5-6-11(15(16)17)10(7-9)13-12/h5-8,13H,2-4,12H2,1H3. The molecule has 8 nitrogen and oxygen atoms in total. The Morgan fingerprint density at radius 3 is 2.55 bits per heavy atom. The molecule has 0 amide bonds. The molecule has 0 atom stereocenters. The number of benzene rings is 1. The van der Waals surface area contributed by atoms with Crippen LogP contribution in [0.3, 0.4) is 0 Å². The van der Waals surface area contributed by atoms with Crippen LogP contribution in [-0.4, -0.2) is 30.7 Å². The first-order chi connectivity index (χ1) is 9.37. The maximum absolute atomic E-state index is 12.4. The maximum Gasteiger partial charge on any atom is 0.293 e. The second kappa shape index (κ2) is 5.35. The van der Waals surface area contributed by atoms with E-state index in [9.17, 15) is 18.5 Å². The highest BCUT2D eigenvalue weighted by Gasteiger charge is 2.32. The molecule has 1 aromatic rings. The second-order valence-corrected chi connectivity index (χ2v) is 6.68. The molecule has 0 aliphatic heterocycles. The number of nitrogen functional groups attached to an aromatic ring is 1. The minimum absolute atomic E-state index is 0.00415. The summed E-state index contributed by atoms with van der Waals surface area (Å²) in [5.74, 6) is 5.21. The Morgan fingerprint density at radius 1 is 1.45 bits per heavy atom. The maximum atomic E-state index is 12.4. The fraction of sp³-hybridized carbons (Fsp3) is 0.455. The predicted octanol–water partition coefficient (Wildman–Crippen LogP) is 1.05. The molecule has 1 aliphatic carbocycles. The summed E-state index contributed by atoms with van der Waals surface area (Å²) < 4.78 is 26.1. The molecule has 1 saturated carbocycles. The molecule has 0 bridgehead atoms. The zero-order chi connectivity index (χ0) is 14.9. The summed E-state index contributed by atoms with van der Waals surface area (Å²) in [7, 11) is -2.14. The van der Waals surface area contributed by atoms with Gasteiger partial charge >= 0.3 is 0 Å². The minimum atomic E-state index is -3.66. The smallest absolute Gasteiger partial charge is 0.293 e. The number of nitrogens with one attached hydrogen (secondary N) is 1. The number of nitrogens with zero attached hydrogens (tertiary/aromatic N) is 2. The van der Waals surface area contributed by atoms with Gasteiger partial charge in [0.2, 0.25) is 10.0 Å². The van der Waals surface area contributed by atoms with E-state index in [0.717, 1.165) is 25.3 Å². The van der Waals surface area contributed by atoms with Gasteiger partial charge in [0.15, 0.2) is 0 Å². The first-order valence-corrected chi connectivity index (χ1v) is 7.55. The average molecular weight is 300 g/mol. The third kappa shape index (κ3) is 2.47. The normalized spacial score (nSPS) is 15.9. The van der Waals surface area contributed by atoms with Gasteiger partial charge in [-0.1, -0.05) is 6.42 Å². The van der Waals surface area contributed by atoms with Crippen LogP contribution in [0.15, 0.2) is 23.1 Å². The van der Waals surface area contributed by atoms with Crippen molar-refractivity contribution in [2.45, 2.75) is 30.2 Å². The van der Waals surface area contributed by atoms with E-state index in [1.54, 1.807) is 0 Å². The molecule has 3 N–H and O–H groups in total. The molecule has 20 heavy (non-hydrogen) atoms. The van der Waals surface area contributed by atoms with Gasteiger partial charge in [-0.3, -0.25) is 16.0 Å². The van der Waals surface area contributed by atoms with Crippen LogP contribution in [0.2, 0.25) is 0 Å². The Hall–Kier alpha value is -1.71. The van der Waals surface area contributed by atoms with Crippen LogP contribution < -0.4 is 11.3 Å². The van der Waals surface area contributed by atoms with E-state index >= 15 is 0 Å². The van der Waals surface area contributed by atoms with Gasteiger partial charge in [0.1, 0.15) is 5.69 Å². The lowest BCUT2D eigenvalue weighted by Gasteiger charge is -2.33. The lowest BCUT2D eigenvalue weighted by atomic mass is 9.94. The first kappa shape index (κ1) is 14.7. The van der Waals surface area contributed by atoms with Gasteiger partial charge in [-0.15, -0.1) is 0 Å². The Labute approximate surface area is 116 Å². The number of rotatable bonds is 5. The molecule has 0 aromatic heterocycles. The summed E-state index contributed by atoms with van der Waals surface area (Å²) in [5, 5.41) is 10.8. The van der Waals surface area contributed by atoms with Crippen molar-refractivity contribution in [3.63, 3.8) is 0 Å². The van der Waals surface area contributed by atoms with Crippen LogP contribution in [0, 0.1) is 10.1 Å². The van der Waals surface area contributed by atoms with Crippen molar-refractivity contribution in [2.75, 3.05) is 12.5 Å². The van der Waals surface area contributed by atoms with Crippen LogP contribution in [0.25, 0.3) is 0 Å². The molecule has 0 saturated heterocycles. The Morgan fingerprint density at radius 2 is 2.10 bits per heavy atom. The van der Waals surface area contributed by atoms with E-state index in [0.29, 0.717) is 0 Å². The van der Waals surface area contributed by atoms with Gasteiger partial charge in [-0.2, -0.15) is 4.31 Å². The quantitative estimate of drug-likeness (QED) is 0.476. The number of nitro benzene ring substituents is 1. The molecular formula is C11H16N4O4S. The van der Waals surface area contributed by atoms with Gasteiger partial charge in [0.25, 0.3) is 5.69 Å². The summed E-state index contributed by atoms with van der Waals surface area (Å²) in [6.45, 7) is 0. The van der Waals surface area contributed by atoms with E-state index in [-0.39, 0.29) is 22.3 Å². The predicted molar refractivity (Wildman–Crippen MR) is 73.5 cm³/mol. The number of nitro groups is 1. The van der Waals surface area contributed by atoms with E-state index in [2.05, 4.69) is 5.43 Å². The van der Waals surface area contributed by atoms with Crippen molar-refractivity contribution >= 4 is 21.4 Å². The average Bonchev–Trinajstić information content (AvgIpc) is 2.35. The third-order valence-corrected chi connectivity index (χ3v) is 5.49. The molecule has 110 valence electrons. The van der Waals surface area contributed by atoms with E-state index in [1.807, 2.05) is 0 Å². The van der Waals surface area contributed by atoms with Crippen LogP contribution in [0.1, 0.15) is 19.3 Å². The van der Waals surface area contributed by atoms with Crippen molar-refractivity contribution in [2.24, 2.45) is 5.84 Å². The van der Waals surface area contributed by atoms with Crippen LogP contribution in [0.5, 0.6) is 0 Å². The summed E-state index contributed by atoms with van der Waals surface area (Å²) in [5.41, 5.74) is 1.87. The number of hydrazine groups is 1. The Kier molecular flexibility index (Phi) is 3.93. The lowest BCUT2D eigenvalue weighted by molar-refractivity contribution is -0.384. The summed E-state index contributed by atoms with van der Waals surface area (Å²) >= 11 is 0. The van der Waals surface area contributed by atoms with Crippen molar-refractivity contribution in [3.8, 4) is 0 Å². The number of hydrogen-bond donors (Lipinski definition) is 2. The van der Waals surface area contributed by atoms with Crippen LogP contribution in [-0.2, 0) is 10.0 Å². The topological polar surface area (TPSA) is 119 Å². The lowest BCUT2D eigenvalue weighted by Crippen LogP contribution is -2.41. The fourth-order valence-electron chi connectivity index (χ4n) is 2.06. The molecule has 9 heteroatoms. The highest BCUT2D eigenvalue weighted by Crippen LogP contribution is 2.31. The summed E-state index contributed by atoms with van der Waals surface area (Å²) in [6, 6.07) is 3.55. The molecular weight excluding hydrogens is 284 g/mol. The van der Waals surface area contributed by atoms with Gasteiger partial charge in [-0.25, -0.2) is 8.42 Å². The van der Waals surface area contributed by atoms with Crippen LogP contribution in [0.4, 0.5) is 11.4 Å². The van der Waals surface area contributed by atoms with Crippen molar-refractivity contribution in [1.82, 2.24) is 4.31 Å². The Balaban J connectivity index is 2.39. The number of hydrogen-bond acceptors (Lipinski definition) is 6. The highest BCUT2D eigenvalue weighted by molar-refractivity contribution is 7.89. The number of nitrogens with two attached hydrogens (primary N) is 1. The van der Waals surface area contributed by atoms with E-state index in [1.165, 1.54) is 23.5 Å². The summed E-state index contributed by atoms with van der Waals surface area (Å²) in [4.78, 5) is 10.2. The zero-order valence-electron chi connectivity index (χ0n) is 10.9. The van der Waals surface area contributed by atoms with E-state index in [4.69, 9.17) is 5.84 Å². The molecule has 1 aromatic carbocycles. The van der Waals surface area contributed by atoms with Gasteiger partial charge < -0.3 is 5.43 Å². The second-order valence-electron chi connectivity index (χ2n) is 4.69. The zero-order valence-corrected chi connectivity index (χ0v) is 11.8.